The highest BCUT2D eigenvalue weighted by atomic mass is 19.1. The third kappa shape index (κ3) is 4.85. The molecular weight excluding hydrogens is 277 g/mol. The van der Waals surface area contributed by atoms with Gasteiger partial charge in [0.15, 0.2) is 0 Å². The number of hydrogen-bond acceptors (Lipinski definition) is 2. The third-order valence-corrected chi connectivity index (χ3v) is 3.75. The summed E-state index contributed by atoms with van der Waals surface area (Å²) >= 11 is 0. The van der Waals surface area contributed by atoms with Gasteiger partial charge in [-0.1, -0.05) is 30.3 Å². The lowest BCUT2D eigenvalue weighted by Crippen LogP contribution is -2.25. The van der Waals surface area contributed by atoms with E-state index < -0.39 is 0 Å². The second kappa shape index (κ2) is 7.95. The quantitative estimate of drug-likeness (QED) is 0.771. The first-order valence-electron chi connectivity index (χ1n) is 7.59. The molecule has 22 heavy (non-hydrogen) atoms. The minimum atomic E-state index is -0.114. The maximum Gasteiger partial charge on any atom is 0.126 e. The molecule has 3 heteroatoms. The van der Waals surface area contributed by atoms with Crippen molar-refractivity contribution in [2.75, 3.05) is 27.7 Å². The van der Waals surface area contributed by atoms with Crippen molar-refractivity contribution in [3.8, 4) is 5.75 Å². The average Bonchev–Trinajstić information content (AvgIpc) is 2.49. The summed E-state index contributed by atoms with van der Waals surface area (Å²) in [6, 6.07) is 15.2. The van der Waals surface area contributed by atoms with Gasteiger partial charge < -0.3 is 9.64 Å². The maximum absolute atomic E-state index is 13.9. The second-order valence-electron chi connectivity index (χ2n) is 5.98. The Hall–Kier alpha value is -1.87. The van der Waals surface area contributed by atoms with Crippen molar-refractivity contribution in [3.05, 3.63) is 65.5 Å². The lowest BCUT2D eigenvalue weighted by Gasteiger charge is -2.22. The highest BCUT2D eigenvalue weighted by Gasteiger charge is 2.14. The van der Waals surface area contributed by atoms with Gasteiger partial charge in [0.1, 0.15) is 11.6 Å². The first kappa shape index (κ1) is 16.5. The fourth-order valence-electron chi connectivity index (χ4n) is 2.83. The molecular formula is C19H24FNO. The van der Waals surface area contributed by atoms with Gasteiger partial charge in [-0.2, -0.15) is 0 Å². The van der Waals surface area contributed by atoms with Crippen LogP contribution in [0.2, 0.25) is 0 Å². The summed E-state index contributed by atoms with van der Waals surface area (Å²) in [5.74, 6) is 1.11. The summed E-state index contributed by atoms with van der Waals surface area (Å²) in [6.07, 6.45) is 1.64. The van der Waals surface area contributed by atoms with E-state index in [9.17, 15) is 4.39 Å². The molecule has 2 aromatic carbocycles. The van der Waals surface area contributed by atoms with Crippen LogP contribution in [0.1, 0.15) is 11.1 Å². The zero-order chi connectivity index (χ0) is 15.9. The highest BCUT2D eigenvalue weighted by molar-refractivity contribution is 5.29. The largest absolute Gasteiger partial charge is 0.497 e. The van der Waals surface area contributed by atoms with E-state index in [0.717, 1.165) is 30.7 Å². The van der Waals surface area contributed by atoms with Crippen LogP contribution < -0.4 is 4.74 Å². The molecule has 2 nitrogen and oxygen atoms in total. The predicted octanol–water partition coefficient (Wildman–Crippen LogP) is 3.80. The van der Waals surface area contributed by atoms with Crippen LogP contribution in [0.5, 0.6) is 5.75 Å². The van der Waals surface area contributed by atoms with Crippen LogP contribution in [0.15, 0.2) is 48.5 Å². The molecule has 0 heterocycles. The molecule has 0 saturated heterocycles. The van der Waals surface area contributed by atoms with Crippen LogP contribution in [0.25, 0.3) is 0 Å². The van der Waals surface area contributed by atoms with Crippen LogP contribution in [-0.4, -0.2) is 32.6 Å². The van der Waals surface area contributed by atoms with Gasteiger partial charge in [0.05, 0.1) is 7.11 Å². The van der Waals surface area contributed by atoms with Crippen molar-refractivity contribution in [2.24, 2.45) is 5.92 Å². The minimum Gasteiger partial charge on any atom is -0.497 e. The van der Waals surface area contributed by atoms with Gasteiger partial charge in [0.2, 0.25) is 0 Å². The van der Waals surface area contributed by atoms with E-state index in [0.29, 0.717) is 5.92 Å². The van der Waals surface area contributed by atoms with E-state index in [1.165, 1.54) is 11.6 Å². The normalized spacial score (nSPS) is 12.4. The molecule has 2 rings (SSSR count). The molecule has 0 bridgehead atoms. The van der Waals surface area contributed by atoms with E-state index >= 15 is 0 Å². The van der Waals surface area contributed by atoms with Crippen molar-refractivity contribution in [1.29, 1.82) is 0 Å². The van der Waals surface area contributed by atoms with E-state index in [2.05, 4.69) is 31.1 Å². The monoisotopic (exact) mass is 301 g/mol. The summed E-state index contributed by atoms with van der Waals surface area (Å²) in [5, 5.41) is 0. The van der Waals surface area contributed by atoms with E-state index in [4.69, 9.17) is 4.74 Å². The summed E-state index contributed by atoms with van der Waals surface area (Å²) in [4.78, 5) is 2.16. The van der Waals surface area contributed by atoms with Crippen molar-refractivity contribution in [3.63, 3.8) is 0 Å². The van der Waals surface area contributed by atoms with Crippen molar-refractivity contribution >= 4 is 0 Å². The first-order valence-corrected chi connectivity index (χ1v) is 7.59. The molecule has 0 N–H and O–H groups in total. The van der Waals surface area contributed by atoms with Crippen molar-refractivity contribution in [1.82, 2.24) is 4.90 Å². The SMILES string of the molecule is COc1cccc(CC(Cc2ccccc2F)CN(C)C)c1. The third-order valence-electron chi connectivity index (χ3n) is 3.75. The number of halogens is 1. The topological polar surface area (TPSA) is 12.5 Å². The van der Waals surface area contributed by atoms with Gasteiger partial charge in [-0.05, 0) is 62.2 Å². The van der Waals surface area contributed by atoms with Crippen LogP contribution in [0, 0.1) is 11.7 Å². The number of rotatable bonds is 7. The molecule has 0 aliphatic carbocycles. The van der Waals surface area contributed by atoms with E-state index in [-0.39, 0.29) is 5.82 Å². The van der Waals surface area contributed by atoms with Gasteiger partial charge in [0, 0.05) is 6.54 Å². The van der Waals surface area contributed by atoms with Crippen molar-refractivity contribution < 1.29 is 9.13 Å². The minimum absolute atomic E-state index is 0.114. The molecule has 0 aliphatic rings. The molecule has 0 saturated carbocycles. The van der Waals surface area contributed by atoms with Crippen LogP contribution in [0.3, 0.4) is 0 Å². The Balaban J connectivity index is 2.13. The molecule has 0 aliphatic heterocycles. The Bertz CT molecular complexity index is 597. The number of hydrogen-bond donors (Lipinski definition) is 0. The summed E-state index contributed by atoms with van der Waals surface area (Å²) in [7, 11) is 5.79. The Labute approximate surface area is 132 Å². The first-order chi connectivity index (χ1) is 10.6. The Morgan fingerprint density at radius 3 is 2.50 bits per heavy atom. The molecule has 2 aromatic rings. The molecule has 0 radical (unpaired) electrons. The second-order valence-corrected chi connectivity index (χ2v) is 5.98. The highest BCUT2D eigenvalue weighted by Crippen LogP contribution is 2.20. The van der Waals surface area contributed by atoms with Crippen molar-refractivity contribution in [2.45, 2.75) is 12.8 Å². The van der Waals surface area contributed by atoms with Gasteiger partial charge in [-0.25, -0.2) is 4.39 Å². The van der Waals surface area contributed by atoms with E-state index in [1.54, 1.807) is 13.2 Å². The predicted molar refractivity (Wildman–Crippen MR) is 88.8 cm³/mol. The maximum atomic E-state index is 13.9. The zero-order valence-corrected chi connectivity index (χ0v) is 13.6. The van der Waals surface area contributed by atoms with Gasteiger partial charge in [-0.3, -0.25) is 0 Å². The lowest BCUT2D eigenvalue weighted by atomic mass is 9.92. The number of nitrogens with zero attached hydrogens (tertiary/aromatic N) is 1. The Kier molecular flexibility index (Phi) is 5.96. The fraction of sp³-hybridized carbons (Fsp3) is 0.368. The lowest BCUT2D eigenvalue weighted by molar-refractivity contribution is 0.319. The number of benzene rings is 2. The number of ether oxygens (including phenoxy) is 1. The zero-order valence-electron chi connectivity index (χ0n) is 13.6. The molecule has 1 unspecified atom stereocenters. The molecule has 0 aromatic heterocycles. The molecule has 0 amide bonds. The Morgan fingerprint density at radius 1 is 1.05 bits per heavy atom. The summed E-state index contributed by atoms with van der Waals surface area (Å²) < 4.78 is 19.2. The van der Waals surface area contributed by atoms with Gasteiger partial charge in [-0.15, -0.1) is 0 Å². The summed E-state index contributed by atoms with van der Waals surface area (Å²) in [5.41, 5.74) is 2.01. The van der Waals surface area contributed by atoms with Gasteiger partial charge in [0.25, 0.3) is 0 Å². The summed E-state index contributed by atoms with van der Waals surface area (Å²) in [6.45, 7) is 0.922. The van der Waals surface area contributed by atoms with Crippen LogP contribution >= 0.6 is 0 Å². The van der Waals surface area contributed by atoms with Gasteiger partial charge >= 0.3 is 0 Å². The smallest absolute Gasteiger partial charge is 0.126 e. The molecule has 0 fully saturated rings. The number of methoxy groups -OCH3 is 1. The molecule has 1 atom stereocenters. The molecule has 118 valence electrons. The average molecular weight is 301 g/mol. The molecule has 0 spiro atoms. The van der Waals surface area contributed by atoms with Crippen LogP contribution in [0.4, 0.5) is 4.39 Å². The fourth-order valence-corrected chi connectivity index (χ4v) is 2.83. The standard InChI is InChI=1S/C19H24FNO/c1-21(2)14-16(12-17-8-4-5-10-19(17)20)11-15-7-6-9-18(13-15)22-3/h4-10,13,16H,11-12,14H2,1-3H3. The Morgan fingerprint density at radius 2 is 1.82 bits per heavy atom. The van der Waals surface area contributed by atoms with E-state index in [1.807, 2.05) is 24.3 Å². The van der Waals surface area contributed by atoms with Crippen LogP contribution in [-0.2, 0) is 12.8 Å².